The molecule has 3 aromatic rings. The van der Waals surface area contributed by atoms with Crippen LogP contribution in [0, 0.1) is 0 Å². The molecular formula is C23H24F3N5OS. The second-order valence-corrected chi connectivity index (χ2v) is 8.43. The first kappa shape index (κ1) is 23.2. The molecule has 2 heterocycles. The topological polar surface area (TPSA) is 48.6 Å². The molecule has 0 amide bonds. The number of halogens is 3. The van der Waals surface area contributed by atoms with E-state index in [1.165, 1.54) is 0 Å². The number of anilines is 1. The molecule has 0 radical (unpaired) electrons. The van der Waals surface area contributed by atoms with Crippen molar-refractivity contribution in [2.45, 2.75) is 12.7 Å². The lowest BCUT2D eigenvalue weighted by molar-refractivity contribution is -0.156. The lowest BCUT2D eigenvalue weighted by Crippen LogP contribution is -2.46. The van der Waals surface area contributed by atoms with Gasteiger partial charge in [-0.2, -0.15) is 13.2 Å². The number of alkyl halides is 3. The first-order valence-electron chi connectivity index (χ1n) is 10.4. The molecule has 4 rings (SSSR count). The molecule has 0 bridgehead atoms. The number of benzene rings is 2. The van der Waals surface area contributed by atoms with Gasteiger partial charge in [-0.1, -0.05) is 48.9 Å². The zero-order valence-corrected chi connectivity index (χ0v) is 18.9. The van der Waals surface area contributed by atoms with Crippen molar-refractivity contribution in [3.8, 4) is 11.5 Å². The molecule has 1 aliphatic rings. The first-order chi connectivity index (χ1) is 15.8. The molecule has 1 saturated heterocycles. The van der Waals surface area contributed by atoms with Crippen molar-refractivity contribution >= 4 is 17.6 Å². The molecule has 10 heteroatoms. The van der Waals surface area contributed by atoms with E-state index in [2.05, 4.69) is 37.1 Å². The second kappa shape index (κ2) is 9.88. The molecule has 6 nitrogen and oxygen atoms in total. The second-order valence-electron chi connectivity index (χ2n) is 7.54. The van der Waals surface area contributed by atoms with E-state index in [4.69, 9.17) is 4.42 Å². The van der Waals surface area contributed by atoms with E-state index in [1.54, 1.807) is 24.1 Å². The molecule has 1 fully saturated rings. The van der Waals surface area contributed by atoms with Crippen LogP contribution in [-0.2, 0) is 12.7 Å². The van der Waals surface area contributed by atoms with E-state index >= 15 is 0 Å². The van der Waals surface area contributed by atoms with Crippen LogP contribution < -0.4 is 4.90 Å². The Morgan fingerprint density at radius 1 is 1.03 bits per heavy atom. The van der Waals surface area contributed by atoms with E-state index in [0.29, 0.717) is 12.1 Å². The molecule has 2 aromatic carbocycles. The largest absolute Gasteiger partial charge is 0.470 e. The molecule has 1 aromatic heterocycles. The van der Waals surface area contributed by atoms with Crippen LogP contribution in [0.4, 0.5) is 18.9 Å². The fraction of sp³-hybridized carbons (Fsp3) is 0.304. The van der Waals surface area contributed by atoms with Gasteiger partial charge in [0.25, 0.3) is 0 Å². The number of hydrogen-bond acceptors (Lipinski definition) is 7. The van der Waals surface area contributed by atoms with Gasteiger partial charge in [0, 0.05) is 44.0 Å². The van der Waals surface area contributed by atoms with Gasteiger partial charge < -0.3 is 14.2 Å². The van der Waals surface area contributed by atoms with Crippen molar-refractivity contribution in [3.05, 3.63) is 78.5 Å². The zero-order chi connectivity index (χ0) is 23.4. The first-order valence-corrected chi connectivity index (χ1v) is 11.6. The summed E-state index contributed by atoms with van der Waals surface area (Å²) in [6, 6.07) is 17.1. The highest BCUT2D eigenvalue weighted by Gasteiger charge is 2.38. The highest BCUT2D eigenvalue weighted by molar-refractivity contribution is 7.96. The molecule has 33 heavy (non-hydrogen) atoms. The van der Waals surface area contributed by atoms with E-state index in [9.17, 15) is 13.2 Å². The van der Waals surface area contributed by atoms with E-state index in [-0.39, 0.29) is 5.89 Å². The van der Waals surface area contributed by atoms with Crippen molar-refractivity contribution in [2.24, 2.45) is 0 Å². The maximum absolute atomic E-state index is 12.7. The van der Waals surface area contributed by atoms with Crippen LogP contribution in [0.5, 0.6) is 0 Å². The van der Waals surface area contributed by atoms with E-state index in [0.717, 1.165) is 43.3 Å². The molecule has 0 saturated carbocycles. The summed E-state index contributed by atoms with van der Waals surface area (Å²) in [6.07, 6.45) is -2.58. The van der Waals surface area contributed by atoms with Crippen LogP contribution in [-0.4, -0.2) is 51.8 Å². The quantitative estimate of drug-likeness (QED) is 0.439. The number of aromatic nitrogens is 2. The van der Waals surface area contributed by atoms with E-state index in [1.807, 2.05) is 42.5 Å². The number of para-hydroxylation sites is 1. The Hall–Kier alpha value is -2.98. The third-order valence-corrected chi connectivity index (χ3v) is 6.33. The Balaban J connectivity index is 1.52. The van der Waals surface area contributed by atoms with Gasteiger partial charge in [0.05, 0.1) is 0 Å². The SMILES string of the molecule is C=C(N1CCN(SC)CC1)N(Cc1ccc(-c2nnc(C(F)(F)F)o2)cc1)c1ccccc1. The van der Waals surface area contributed by atoms with Crippen molar-refractivity contribution < 1.29 is 17.6 Å². The summed E-state index contributed by atoms with van der Waals surface area (Å²) < 4.78 is 45.3. The smallest absolute Gasteiger partial charge is 0.413 e. The highest BCUT2D eigenvalue weighted by Crippen LogP contribution is 2.31. The zero-order valence-electron chi connectivity index (χ0n) is 18.1. The Kier molecular flexibility index (Phi) is 6.94. The molecule has 1 aliphatic heterocycles. The van der Waals surface area contributed by atoms with Crippen molar-refractivity contribution in [1.29, 1.82) is 0 Å². The predicted molar refractivity (Wildman–Crippen MR) is 123 cm³/mol. The lowest BCUT2D eigenvalue weighted by Gasteiger charge is -2.40. The summed E-state index contributed by atoms with van der Waals surface area (Å²) in [5.74, 6) is -0.600. The van der Waals surface area contributed by atoms with Crippen LogP contribution in [0.3, 0.4) is 0 Å². The summed E-state index contributed by atoms with van der Waals surface area (Å²) in [7, 11) is 0. The van der Waals surface area contributed by atoms with Gasteiger partial charge in [0.15, 0.2) is 0 Å². The molecular weight excluding hydrogens is 451 g/mol. The molecule has 0 N–H and O–H groups in total. The van der Waals surface area contributed by atoms with Crippen molar-refractivity contribution in [1.82, 2.24) is 19.4 Å². The summed E-state index contributed by atoms with van der Waals surface area (Å²) in [5, 5.41) is 6.61. The minimum Gasteiger partial charge on any atom is -0.413 e. The summed E-state index contributed by atoms with van der Waals surface area (Å²) >= 11 is 1.75. The molecule has 0 aliphatic carbocycles. The fourth-order valence-electron chi connectivity index (χ4n) is 3.63. The number of rotatable bonds is 7. The lowest BCUT2D eigenvalue weighted by atomic mass is 10.1. The maximum atomic E-state index is 12.7. The van der Waals surface area contributed by atoms with Gasteiger partial charge in [-0.15, -0.1) is 10.2 Å². The molecule has 0 unspecified atom stereocenters. The minimum atomic E-state index is -4.66. The van der Waals surface area contributed by atoms with Gasteiger partial charge in [-0.25, -0.2) is 4.31 Å². The maximum Gasteiger partial charge on any atom is 0.470 e. The average Bonchev–Trinajstić information content (AvgIpc) is 3.34. The molecule has 0 spiro atoms. The van der Waals surface area contributed by atoms with Crippen LogP contribution in [0.25, 0.3) is 11.5 Å². The fourth-order valence-corrected chi connectivity index (χ4v) is 4.16. The van der Waals surface area contributed by atoms with Gasteiger partial charge in [0.2, 0.25) is 5.89 Å². The van der Waals surface area contributed by atoms with Gasteiger partial charge in [-0.05, 0) is 36.1 Å². The number of nitrogens with zero attached hydrogens (tertiary/aromatic N) is 5. The van der Waals surface area contributed by atoms with Crippen molar-refractivity contribution in [2.75, 3.05) is 37.3 Å². The van der Waals surface area contributed by atoms with Crippen molar-refractivity contribution in [3.63, 3.8) is 0 Å². The molecule has 0 atom stereocenters. The van der Waals surface area contributed by atoms with E-state index < -0.39 is 12.1 Å². The minimum absolute atomic E-state index is 0.162. The van der Waals surface area contributed by atoms with Gasteiger partial charge in [0.1, 0.15) is 5.82 Å². The average molecular weight is 476 g/mol. The normalized spacial score (nSPS) is 15.0. The Morgan fingerprint density at radius 2 is 1.70 bits per heavy atom. The number of piperazine rings is 1. The summed E-state index contributed by atoms with van der Waals surface area (Å²) in [4.78, 5) is 4.43. The Morgan fingerprint density at radius 3 is 2.27 bits per heavy atom. The Labute approximate surface area is 194 Å². The van der Waals surface area contributed by atoms with Crippen LogP contribution in [0.2, 0.25) is 0 Å². The number of hydrogen-bond donors (Lipinski definition) is 0. The van der Waals surface area contributed by atoms with Crippen LogP contribution >= 0.6 is 11.9 Å². The standard InChI is InChI=1S/C23H24F3N5OS/c1-17(29-12-14-30(33-2)15-13-29)31(20-6-4-3-5-7-20)16-18-8-10-19(11-9-18)21-27-28-22(32-21)23(24,25)26/h3-11H,1,12-16H2,2H3. The highest BCUT2D eigenvalue weighted by atomic mass is 32.2. The van der Waals surface area contributed by atoms with Crippen LogP contribution in [0.15, 0.2) is 71.4 Å². The monoisotopic (exact) mass is 475 g/mol. The third-order valence-electron chi connectivity index (χ3n) is 5.45. The van der Waals surface area contributed by atoms with Gasteiger partial charge >= 0.3 is 12.1 Å². The molecule has 174 valence electrons. The van der Waals surface area contributed by atoms with Crippen LogP contribution in [0.1, 0.15) is 11.5 Å². The van der Waals surface area contributed by atoms with Gasteiger partial charge in [-0.3, -0.25) is 0 Å². The predicted octanol–water partition coefficient (Wildman–Crippen LogP) is 5.13. The summed E-state index contributed by atoms with van der Waals surface area (Å²) in [5.41, 5.74) is 2.42. The third kappa shape index (κ3) is 5.51. The Bertz CT molecular complexity index is 1060. The summed E-state index contributed by atoms with van der Waals surface area (Å²) in [6.45, 7) is 8.64.